The van der Waals surface area contributed by atoms with Crippen LogP contribution in [0.2, 0.25) is 0 Å². The van der Waals surface area contributed by atoms with Crippen molar-refractivity contribution in [3.8, 4) is 0 Å². The minimum absolute atomic E-state index is 0. The highest BCUT2D eigenvalue weighted by Crippen LogP contribution is 2.45. The van der Waals surface area contributed by atoms with Gasteiger partial charge in [0.25, 0.3) is 0 Å². The molecule has 0 radical (unpaired) electrons. The Hall–Kier alpha value is -1.74. The molecule has 0 spiro atoms. The smallest absolute Gasteiger partial charge is 0.193 e. The fourth-order valence-corrected chi connectivity index (χ4v) is 2.77. The number of guanidine groups is 1. The monoisotopic (exact) mass is 459 g/mol. The van der Waals surface area contributed by atoms with E-state index in [0.717, 1.165) is 11.3 Å². The summed E-state index contributed by atoms with van der Waals surface area (Å²) in [5.74, 6) is -1.10. The van der Waals surface area contributed by atoms with Crippen LogP contribution in [0.5, 0.6) is 0 Å². The second kappa shape index (κ2) is 8.57. The molecule has 1 aliphatic carbocycles. The first kappa shape index (κ1) is 19.6. The van der Waals surface area contributed by atoms with Crippen LogP contribution in [0.1, 0.15) is 23.5 Å². The first-order chi connectivity index (χ1) is 11.6. The number of hydrogen-bond donors (Lipinski definition) is 2. The van der Waals surface area contributed by atoms with Gasteiger partial charge in [-0.1, -0.05) is 24.3 Å². The van der Waals surface area contributed by atoms with Gasteiger partial charge in [-0.15, -0.1) is 24.0 Å². The van der Waals surface area contributed by atoms with Gasteiger partial charge in [-0.3, -0.25) is 0 Å². The molecule has 0 aliphatic heterocycles. The molecule has 134 valence electrons. The third-order valence-electron chi connectivity index (χ3n) is 4.01. The highest BCUT2D eigenvalue weighted by molar-refractivity contribution is 14.0. The molecule has 0 amide bonds. The molecule has 0 bridgehead atoms. The molecule has 2 aromatic rings. The van der Waals surface area contributed by atoms with Crippen molar-refractivity contribution < 1.29 is 13.5 Å². The van der Waals surface area contributed by atoms with Crippen LogP contribution >= 0.6 is 24.0 Å². The van der Waals surface area contributed by atoms with Crippen molar-refractivity contribution in [1.29, 1.82) is 0 Å². The Bertz CT molecular complexity index is 749. The SMILES string of the molecule is COCc1ccccc1NC(N)=N[C@@H]1C[C@H]1c1c(F)cccc1F.I. The van der Waals surface area contributed by atoms with Crippen LogP contribution in [0, 0.1) is 11.6 Å². The third kappa shape index (κ3) is 4.66. The Morgan fingerprint density at radius 1 is 1.20 bits per heavy atom. The van der Waals surface area contributed by atoms with E-state index in [2.05, 4.69) is 10.3 Å². The summed E-state index contributed by atoms with van der Waals surface area (Å²) in [6.07, 6.45) is 0.583. The minimum atomic E-state index is -0.533. The van der Waals surface area contributed by atoms with Gasteiger partial charge in [-0.2, -0.15) is 0 Å². The summed E-state index contributed by atoms with van der Waals surface area (Å²) >= 11 is 0. The largest absolute Gasteiger partial charge is 0.380 e. The summed E-state index contributed by atoms with van der Waals surface area (Å²) in [5.41, 5.74) is 7.79. The van der Waals surface area contributed by atoms with E-state index in [1.807, 2.05) is 24.3 Å². The van der Waals surface area contributed by atoms with E-state index < -0.39 is 11.6 Å². The van der Waals surface area contributed by atoms with E-state index in [1.54, 1.807) is 7.11 Å². The summed E-state index contributed by atoms with van der Waals surface area (Å²) in [6, 6.07) is 11.3. The number of nitrogens with one attached hydrogen (secondary N) is 1. The van der Waals surface area contributed by atoms with Gasteiger partial charge in [0.05, 0.1) is 12.6 Å². The maximum atomic E-state index is 13.8. The van der Waals surface area contributed by atoms with Gasteiger partial charge < -0.3 is 15.8 Å². The van der Waals surface area contributed by atoms with Crippen molar-refractivity contribution in [2.75, 3.05) is 12.4 Å². The van der Waals surface area contributed by atoms with E-state index in [1.165, 1.54) is 18.2 Å². The molecule has 0 aromatic heterocycles. The maximum Gasteiger partial charge on any atom is 0.193 e. The molecule has 1 saturated carbocycles. The van der Waals surface area contributed by atoms with Crippen LogP contribution in [0.15, 0.2) is 47.5 Å². The number of nitrogens with two attached hydrogens (primary N) is 1. The topological polar surface area (TPSA) is 59.6 Å². The number of hydrogen-bond acceptors (Lipinski definition) is 2. The molecule has 25 heavy (non-hydrogen) atoms. The molecule has 3 rings (SSSR count). The average Bonchev–Trinajstić information content (AvgIpc) is 3.28. The normalized spacial score (nSPS) is 19.2. The standard InChI is InChI=1S/C18H19F2N3O.HI/c1-24-10-11-5-2-3-8-15(11)22-18(21)23-16-9-12(16)17-13(19)6-4-7-14(17)20;/h2-8,12,16H,9-10H2,1H3,(H3,21,22,23);1H/t12-,16-;/m1./s1. The Morgan fingerprint density at radius 3 is 2.56 bits per heavy atom. The first-order valence-electron chi connectivity index (χ1n) is 7.71. The van der Waals surface area contributed by atoms with Gasteiger partial charge in [-0.05, 0) is 24.6 Å². The van der Waals surface area contributed by atoms with Gasteiger partial charge in [-0.25, -0.2) is 13.8 Å². The number of halogens is 3. The molecular formula is C18H20F2IN3O. The highest BCUT2D eigenvalue weighted by atomic mass is 127. The van der Waals surface area contributed by atoms with Crippen molar-refractivity contribution in [3.63, 3.8) is 0 Å². The minimum Gasteiger partial charge on any atom is -0.380 e. The van der Waals surface area contributed by atoms with E-state index in [9.17, 15) is 8.78 Å². The number of ether oxygens (including phenoxy) is 1. The number of anilines is 1. The molecule has 1 aliphatic rings. The molecule has 7 heteroatoms. The predicted octanol–water partition coefficient (Wildman–Crippen LogP) is 4.01. The zero-order valence-corrected chi connectivity index (χ0v) is 16.0. The fourth-order valence-electron chi connectivity index (χ4n) is 2.77. The van der Waals surface area contributed by atoms with Crippen molar-refractivity contribution in [2.45, 2.75) is 25.0 Å². The lowest BCUT2D eigenvalue weighted by molar-refractivity contribution is 0.185. The van der Waals surface area contributed by atoms with Crippen LogP contribution in [0.3, 0.4) is 0 Å². The molecule has 2 atom stereocenters. The Labute approximate surface area is 162 Å². The lowest BCUT2D eigenvalue weighted by Gasteiger charge is -2.11. The zero-order valence-electron chi connectivity index (χ0n) is 13.7. The summed E-state index contributed by atoms with van der Waals surface area (Å²) < 4.78 is 32.7. The van der Waals surface area contributed by atoms with Crippen molar-refractivity contribution in [2.24, 2.45) is 10.7 Å². The van der Waals surface area contributed by atoms with Gasteiger partial charge in [0.2, 0.25) is 0 Å². The van der Waals surface area contributed by atoms with Crippen LogP contribution in [-0.4, -0.2) is 19.1 Å². The summed E-state index contributed by atoms with van der Waals surface area (Å²) in [5, 5.41) is 3.03. The summed E-state index contributed by atoms with van der Waals surface area (Å²) in [4.78, 5) is 4.33. The van der Waals surface area contributed by atoms with Gasteiger partial charge >= 0.3 is 0 Å². The molecule has 0 heterocycles. The summed E-state index contributed by atoms with van der Waals surface area (Å²) in [6.45, 7) is 0.447. The van der Waals surface area contributed by atoms with Crippen molar-refractivity contribution >= 4 is 35.6 Å². The molecule has 4 nitrogen and oxygen atoms in total. The second-order valence-electron chi connectivity index (χ2n) is 5.77. The molecule has 1 fully saturated rings. The molecule has 2 aromatic carbocycles. The quantitative estimate of drug-likeness (QED) is 0.404. The van der Waals surface area contributed by atoms with Crippen LogP contribution in [-0.2, 0) is 11.3 Å². The highest BCUT2D eigenvalue weighted by Gasteiger charge is 2.42. The number of aliphatic imine (C=N–C) groups is 1. The van der Waals surface area contributed by atoms with E-state index in [0.29, 0.717) is 13.0 Å². The maximum absolute atomic E-state index is 13.8. The molecule has 0 unspecified atom stereocenters. The fraction of sp³-hybridized carbons (Fsp3) is 0.278. The van der Waals surface area contributed by atoms with Gasteiger partial charge in [0.1, 0.15) is 11.6 Å². The van der Waals surface area contributed by atoms with Crippen LogP contribution in [0.4, 0.5) is 14.5 Å². The summed E-state index contributed by atoms with van der Waals surface area (Å²) in [7, 11) is 1.62. The molecule has 0 saturated heterocycles. The lowest BCUT2D eigenvalue weighted by Crippen LogP contribution is -2.24. The van der Waals surface area contributed by atoms with E-state index in [-0.39, 0.29) is 47.5 Å². The van der Waals surface area contributed by atoms with Crippen molar-refractivity contribution in [1.82, 2.24) is 0 Å². The van der Waals surface area contributed by atoms with Gasteiger partial charge in [0, 0.05) is 29.8 Å². The zero-order chi connectivity index (χ0) is 17.1. The Kier molecular flexibility index (Phi) is 6.71. The van der Waals surface area contributed by atoms with Gasteiger partial charge in [0.15, 0.2) is 5.96 Å². The second-order valence-corrected chi connectivity index (χ2v) is 5.77. The number of methoxy groups -OCH3 is 1. The Morgan fingerprint density at radius 2 is 1.88 bits per heavy atom. The van der Waals surface area contributed by atoms with E-state index >= 15 is 0 Å². The third-order valence-corrected chi connectivity index (χ3v) is 4.01. The molecular weight excluding hydrogens is 439 g/mol. The molecule has 3 N–H and O–H groups in total. The number of rotatable bonds is 5. The number of nitrogens with zero attached hydrogens (tertiary/aromatic N) is 1. The van der Waals surface area contributed by atoms with Crippen molar-refractivity contribution in [3.05, 3.63) is 65.2 Å². The van der Waals surface area contributed by atoms with Crippen LogP contribution < -0.4 is 11.1 Å². The predicted molar refractivity (Wildman–Crippen MR) is 105 cm³/mol. The lowest BCUT2D eigenvalue weighted by atomic mass is 10.1. The average molecular weight is 459 g/mol. The number of para-hydroxylation sites is 1. The van der Waals surface area contributed by atoms with Crippen LogP contribution in [0.25, 0.3) is 0 Å². The van der Waals surface area contributed by atoms with E-state index in [4.69, 9.17) is 10.5 Å². The number of benzene rings is 2. The first-order valence-corrected chi connectivity index (χ1v) is 7.71. The Balaban J connectivity index is 0.00000225.